The molecular weight excluding hydrogens is 282 g/mol. The lowest BCUT2D eigenvalue weighted by Gasteiger charge is -2.14. The van der Waals surface area contributed by atoms with E-state index >= 15 is 0 Å². The molecule has 0 spiro atoms. The highest BCUT2D eigenvalue weighted by Gasteiger charge is 2.20. The zero-order chi connectivity index (χ0) is 15.8. The highest BCUT2D eigenvalue weighted by atomic mass is 32.2. The van der Waals surface area contributed by atoms with E-state index in [-0.39, 0.29) is 0 Å². The van der Waals surface area contributed by atoms with Crippen molar-refractivity contribution in [3.8, 4) is 0 Å². The predicted molar refractivity (Wildman–Crippen MR) is 87.4 cm³/mol. The first-order valence-electron chi connectivity index (χ1n) is 6.88. The van der Waals surface area contributed by atoms with Gasteiger partial charge in [-0.15, -0.1) is 0 Å². The van der Waals surface area contributed by atoms with E-state index in [0.29, 0.717) is 10.6 Å². The monoisotopic (exact) mass is 303 g/mol. The number of sulfonamides is 1. The third kappa shape index (κ3) is 3.45. The zero-order valence-corrected chi connectivity index (χ0v) is 13.9. The Morgan fingerprint density at radius 3 is 1.62 bits per heavy atom. The first-order chi connectivity index (χ1) is 9.69. The fourth-order valence-corrected chi connectivity index (χ4v) is 4.33. The van der Waals surface area contributed by atoms with Crippen molar-refractivity contribution in [2.24, 2.45) is 0 Å². The summed E-state index contributed by atoms with van der Waals surface area (Å²) in [7, 11) is -3.57. The maximum Gasteiger partial charge on any atom is 0.262 e. The van der Waals surface area contributed by atoms with Crippen molar-refractivity contribution in [1.29, 1.82) is 0 Å². The molecule has 2 aromatic rings. The Kier molecular flexibility index (Phi) is 4.10. The molecule has 0 atom stereocenters. The van der Waals surface area contributed by atoms with Gasteiger partial charge in [0.05, 0.1) is 4.90 Å². The normalized spacial score (nSPS) is 11.5. The predicted octanol–water partition coefficient (Wildman–Crippen LogP) is 4.03. The van der Waals surface area contributed by atoms with Gasteiger partial charge in [-0.25, -0.2) is 8.42 Å². The lowest BCUT2D eigenvalue weighted by molar-refractivity contribution is 0.600. The number of rotatable bonds is 3. The molecule has 0 unspecified atom stereocenters. The molecule has 0 bridgehead atoms. The molecule has 2 rings (SSSR count). The van der Waals surface area contributed by atoms with Crippen molar-refractivity contribution in [3.05, 3.63) is 58.1 Å². The molecule has 0 aliphatic carbocycles. The molecule has 0 heterocycles. The van der Waals surface area contributed by atoms with Crippen molar-refractivity contribution < 1.29 is 8.42 Å². The van der Waals surface area contributed by atoms with Gasteiger partial charge in [0, 0.05) is 5.69 Å². The standard InChI is InChI=1S/C17H21NO2S/c1-11-6-12(2)10-16(9-11)18-21(19,20)17-14(4)7-13(3)8-15(17)5/h6-10,18H,1-5H3. The van der Waals surface area contributed by atoms with E-state index in [4.69, 9.17) is 0 Å². The molecule has 21 heavy (non-hydrogen) atoms. The molecule has 0 aliphatic rings. The number of nitrogens with one attached hydrogen (secondary N) is 1. The first-order valence-corrected chi connectivity index (χ1v) is 8.36. The van der Waals surface area contributed by atoms with E-state index in [2.05, 4.69) is 4.72 Å². The van der Waals surface area contributed by atoms with Gasteiger partial charge in [-0.3, -0.25) is 4.72 Å². The van der Waals surface area contributed by atoms with Crippen LogP contribution in [-0.2, 0) is 10.0 Å². The highest BCUT2D eigenvalue weighted by Crippen LogP contribution is 2.25. The van der Waals surface area contributed by atoms with E-state index in [1.807, 2.05) is 65.0 Å². The molecule has 0 amide bonds. The highest BCUT2D eigenvalue weighted by molar-refractivity contribution is 7.92. The third-order valence-electron chi connectivity index (χ3n) is 3.35. The van der Waals surface area contributed by atoms with E-state index in [0.717, 1.165) is 27.8 Å². The number of hydrogen-bond donors (Lipinski definition) is 1. The van der Waals surface area contributed by atoms with E-state index in [1.54, 1.807) is 0 Å². The zero-order valence-electron chi connectivity index (χ0n) is 13.1. The van der Waals surface area contributed by atoms with Crippen LogP contribution in [-0.4, -0.2) is 8.42 Å². The summed E-state index contributed by atoms with van der Waals surface area (Å²) in [5, 5.41) is 0. The Hall–Kier alpha value is -1.81. The molecule has 0 radical (unpaired) electrons. The largest absolute Gasteiger partial charge is 0.280 e. The third-order valence-corrected chi connectivity index (χ3v) is 5.03. The second-order valence-electron chi connectivity index (χ2n) is 5.71. The van der Waals surface area contributed by atoms with Crippen LogP contribution in [0.15, 0.2) is 35.2 Å². The average molecular weight is 303 g/mol. The van der Waals surface area contributed by atoms with Crippen LogP contribution in [0.3, 0.4) is 0 Å². The van der Waals surface area contributed by atoms with Gasteiger partial charge in [0.2, 0.25) is 0 Å². The van der Waals surface area contributed by atoms with Crippen molar-refractivity contribution in [3.63, 3.8) is 0 Å². The Morgan fingerprint density at radius 2 is 1.14 bits per heavy atom. The maximum absolute atomic E-state index is 12.7. The van der Waals surface area contributed by atoms with Crippen LogP contribution in [0.25, 0.3) is 0 Å². The number of anilines is 1. The Labute approximate surface area is 127 Å². The first kappa shape index (κ1) is 15.6. The van der Waals surface area contributed by atoms with Gasteiger partial charge in [-0.2, -0.15) is 0 Å². The van der Waals surface area contributed by atoms with Gasteiger partial charge in [-0.1, -0.05) is 23.8 Å². The lowest BCUT2D eigenvalue weighted by atomic mass is 10.1. The van der Waals surface area contributed by atoms with Crippen molar-refractivity contribution >= 4 is 15.7 Å². The maximum atomic E-state index is 12.7. The van der Waals surface area contributed by atoms with Crippen LogP contribution < -0.4 is 4.72 Å². The molecule has 2 aromatic carbocycles. The Morgan fingerprint density at radius 1 is 0.714 bits per heavy atom. The van der Waals surface area contributed by atoms with Crippen LogP contribution >= 0.6 is 0 Å². The lowest BCUT2D eigenvalue weighted by Crippen LogP contribution is -2.16. The number of hydrogen-bond acceptors (Lipinski definition) is 2. The number of aryl methyl sites for hydroxylation is 5. The van der Waals surface area contributed by atoms with Gasteiger partial charge in [0.25, 0.3) is 10.0 Å². The summed E-state index contributed by atoms with van der Waals surface area (Å²) < 4.78 is 28.0. The Bertz CT molecular complexity index is 749. The molecule has 4 heteroatoms. The molecule has 0 saturated heterocycles. The van der Waals surface area contributed by atoms with E-state index in [1.165, 1.54) is 0 Å². The molecule has 0 fully saturated rings. The summed E-state index contributed by atoms with van der Waals surface area (Å²) in [6, 6.07) is 9.47. The van der Waals surface area contributed by atoms with Crippen LogP contribution in [0.5, 0.6) is 0 Å². The van der Waals surface area contributed by atoms with Crippen molar-refractivity contribution in [1.82, 2.24) is 0 Å². The topological polar surface area (TPSA) is 46.2 Å². The SMILES string of the molecule is Cc1cc(C)cc(NS(=O)(=O)c2c(C)cc(C)cc2C)c1. The molecule has 0 aliphatic heterocycles. The summed E-state index contributed by atoms with van der Waals surface area (Å²) in [4.78, 5) is 0.368. The molecule has 112 valence electrons. The smallest absolute Gasteiger partial charge is 0.262 e. The minimum atomic E-state index is -3.57. The number of benzene rings is 2. The summed E-state index contributed by atoms with van der Waals surface area (Å²) in [6.07, 6.45) is 0. The van der Waals surface area contributed by atoms with E-state index < -0.39 is 10.0 Å². The fraction of sp³-hybridized carbons (Fsp3) is 0.294. The molecule has 3 nitrogen and oxygen atoms in total. The van der Waals surface area contributed by atoms with E-state index in [9.17, 15) is 8.42 Å². The van der Waals surface area contributed by atoms with Gasteiger partial charge in [-0.05, 0) is 69.0 Å². The van der Waals surface area contributed by atoms with Gasteiger partial charge in [0.15, 0.2) is 0 Å². The second kappa shape index (κ2) is 5.53. The minimum absolute atomic E-state index is 0.368. The van der Waals surface area contributed by atoms with Gasteiger partial charge < -0.3 is 0 Å². The summed E-state index contributed by atoms with van der Waals surface area (Å²) >= 11 is 0. The van der Waals surface area contributed by atoms with Crippen molar-refractivity contribution in [2.75, 3.05) is 4.72 Å². The molecule has 0 saturated carbocycles. The van der Waals surface area contributed by atoms with Crippen LogP contribution in [0.1, 0.15) is 27.8 Å². The van der Waals surface area contributed by atoms with Crippen LogP contribution in [0.2, 0.25) is 0 Å². The second-order valence-corrected chi connectivity index (χ2v) is 7.33. The summed E-state index contributed by atoms with van der Waals surface area (Å²) in [5.74, 6) is 0. The summed E-state index contributed by atoms with van der Waals surface area (Å²) in [6.45, 7) is 9.53. The van der Waals surface area contributed by atoms with Crippen molar-refractivity contribution in [2.45, 2.75) is 39.5 Å². The van der Waals surface area contributed by atoms with Crippen LogP contribution in [0.4, 0.5) is 5.69 Å². The quantitative estimate of drug-likeness (QED) is 0.930. The molecule has 1 N–H and O–H groups in total. The Balaban J connectivity index is 2.48. The average Bonchev–Trinajstić information content (AvgIpc) is 2.23. The minimum Gasteiger partial charge on any atom is -0.280 e. The van der Waals surface area contributed by atoms with Gasteiger partial charge in [0.1, 0.15) is 0 Å². The molecule has 0 aromatic heterocycles. The summed E-state index contributed by atoms with van der Waals surface area (Å²) in [5.41, 5.74) is 5.27. The fourth-order valence-electron chi connectivity index (χ4n) is 2.83. The molecular formula is C17H21NO2S. The van der Waals surface area contributed by atoms with Gasteiger partial charge >= 0.3 is 0 Å². The van der Waals surface area contributed by atoms with Crippen LogP contribution in [0, 0.1) is 34.6 Å².